The molecule has 0 unspecified atom stereocenters. The maximum atomic E-state index is 5.70. The van der Waals surface area contributed by atoms with E-state index in [0.717, 1.165) is 44.6 Å². The SMILES string of the molecule is C=CCN1CCC2(CC1)c1ccccc1Cc1c(OC)cccc12. The summed E-state index contributed by atoms with van der Waals surface area (Å²) in [6.45, 7) is 7.13. The molecule has 1 aliphatic carbocycles. The first kappa shape index (κ1) is 15.5. The number of benzene rings is 2. The van der Waals surface area contributed by atoms with Crippen LogP contribution < -0.4 is 4.74 Å². The molecule has 0 radical (unpaired) electrons. The molecule has 2 aromatic carbocycles. The van der Waals surface area contributed by atoms with Crippen molar-refractivity contribution in [3.63, 3.8) is 0 Å². The Hall–Kier alpha value is -2.06. The molecule has 1 saturated heterocycles. The van der Waals surface area contributed by atoms with E-state index >= 15 is 0 Å². The molecule has 1 heterocycles. The van der Waals surface area contributed by atoms with Crippen molar-refractivity contribution in [3.8, 4) is 5.75 Å². The highest BCUT2D eigenvalue weighted by molar-refractivity contribution is 5.58. The van der Waals surface area contributed by atoms with Crippen LogP contribution in [0.15, 0.2) is 55.1 Å². The van der Waals surface area contributed by atoms with Crippen LogP contribution in [0.3, 0.4) is 0 Å². The second-order valence-electron chi connectivity index (χ2n) is 6.99. The number of ether oxygens (including phenoxy) is 1. The Morgan fingerprint density at radius 3 is 2.58 bits per heavy atom. The smallest absolute Gasteiger partial charge is 0.122 e. The van der Waals surface area contributed by atoms with Crippen LogP contribution in [-0.4, -0.2) is 31.6 Å². The number of piperidine rings is 1. The van der Waals surface area contributed by atoms with Gasteiger partial charge in [0.15, 0.2) is 0 Å². The largest absolute Gasteiger partial charge is 0.496 e. The molecule has 24 heavy (non-hydrogen) atoms. The van der Waals surface area contributed by atoms with E-state index in [0.29, 0.717) is 0 Å². The summed E-state index contributed by atoms with van der Waals surface area (Å²) in [4.78, 5) is 2.51. The van der Waals surface area contributed by atoms with Crippen molar-refractivity contribution in [2.75, 3.05) is 26.7 Å². The lowest BCUT2D eigenvalue weighted by molar-refractivity contribution is 0.192. The summed E-state index contributed by atoms with van der Waals surface area (Å²) in [6, 6.07) is 15.6. The topological polar surface area (TPSA) is 12.5 Å². The van der Waals surface area contributed by atoms with E-state index in [1.165, 1.54) is 22.3 Å². The molecule has 0 atom stereocenters. The van der Waals surface area contributed by atoms with Crippen LogP contribution in [0.4, 0.5) is 0 Å². The second-order valence-corrected chi connectivity index (χ2v) is 6.99. The first-order chi connectivity index (χ1) is 11.8. The van der Waals surface area contributed by atoms with E-state index in [-0.39, 0.29) is 5.41 Å². The summed E-state index contributed by atoms with van der Waals surface area (Å²) in [5.74, 6) is 1.04. The van der Waals surface area contributed by atoms with Gasteiger partial charge in [-0.2, -0.15) is 0 Å². The fourth-order valence-electron chi connectivity index (χ4n) is 4.70. The van der Waals surface area contributed by atoms with Gasteiger partial charge in [-0.05, 0) is 48.7 Å². The van der Waals surface area contributed by atoms with Gasteiger partial charge in [-0.3, -0.25) is 4.90 Å². The van der Waals surface area contributed by atoms with Crippen molar-refractivity contribution in [1.29, 1.82) is 0 Å². The van der Waals surface area contributed by atoms with Gasteiger partial charge >= 0.3 is 0 Å². The highest BCUT2D eigenvalue weighted by Gasteiger charge is 2.43. The van der Waals surface area contributed by atoms with E-state index < -0.39 is 0 Å². The summed E-state index contributed by atoms with van der Waals surface area (Å²) in [6.07, 6.45) is 5.33. The first-order valence-electron chi connectivity index (χ1n) is 8.86. The Morgan fingerprint density at radius 1 is 1.08 bits per heavy atom. The lowest BCUT2D eigenvalue weighted by Crippen LogP contribution is -2.45. The molecule has 0 amide bonds. The molecule has 2 nitrogen and oxygen atoms in total. The van der Waals surface area contributed by atoms with Gasteiger partial charge in [0, 0.05) is 23.9 Å². The minimum absolute atomic E-state index is 0.135. The van der Waals surface area contributed by atoms with Crippen LogP contribution >= 0.6 is 0 Å². The molecule has 0 bridgehead atoms. The minimum Gasteiger partial charge on any atom is -0.496 e. The summed E-state index contributed by atoms with van der Waals surface area (Å²) >= 11 is 0. The van der Waals surface area contributed by atoms with Crippen molar-refractivity contribution in [1.82, 2.24) is 4.90 Å². The Kier molecular flexibility index (Phi) is 3.93. The standard InChI is InChI=1S/C22H25NO/c1-3-13-23-14-11-22(12-15-23)19-8-5-4-7-17(19)16-18-20(22)9-6-10-21(18)24-2/h3-10H,1,11-16H2,2H3. The van der Waals surface area contributed by atoms with Crippen LogP contribution in [0.25, 0.3) is 0 Å². The van der Waals surface area contributed by atoms with E-state index in [9.17, 15) is 0 Å². The van der Waals surface area contributed by atoms with Crippen molar-refractivity contribution < 1.29 is 4.74 Å². The highest BCUT2D eigenvalue weighted by atomic mass is 16.5. The first-order valence-corrected chi connectivity index (χ1v) is 8.86. The third kappa shape index (κ3) is 2.29. The predicted octanol–water partition coefficient (Wildman–Crippen LogP) is 4.17. The molecule has 4 rings (SSSR count). The Bertz CT molecular complexity index is 756. The van der Waals surface area contributed by atoms with Gasteiger partial charge in [-0.25, -0.2) is 0 Å². The van der Waals surface area contributed by atoms with Crippen LogP contribution in [0.5, 0.6) is 5.75 Å². The Morgan fingerprint density at radius 2 is 1.83 bits per heavy atom. The molecule has 2 heteroatoms. The lowest BCUT2D eigenvalue weighted by Gasteiger charge is -2.46. The molecule has 1 fully saturated rings. The average molecular weight is 319 g/mol. The van der Waals surface area contributed by atoms with E-state index in [1.54, 1.807) is 7.11 Å². The maximum absolute atomic E-state index is 5.70. The third-order valence-corrected chi connectivity index (χ3v) is 5.87. The summed E-state index contributed by atoms with van der Waals surface area (Å²) in [5, 5.41) is 0. The minimum atomic E-state index is 0.135. The van der Waals surface area contributed by atoms with E-state index in [2.05, 4.69) is 53.9 Å². The number of rotatable bonds is 3. The fourth-order valence-corrected chi connectivity index (χ4v) is 4.70. The molecule has 0 aromatic heterocycles. The lowest BCUT2D eigenvalue weighted by atomic mass is 9.62. The molecular formula is C22H25NO. The second kappa shape index (κ2) is 6.10. The van der Waals surface area contributed by atoms with Crippen LogP contribution in [0, 0.1) is 0 Å². The molecule has 0 saturated carbocycles. The Balaban J connectivity index is 1.84. The van der Waals surface area contributed by atoms with Gasteiger partial charge < -0.3 is 4.74 Å². The van der Waals surface area contributed by atoms with Gasteiger partial charge in [0.2, 0.25) is 0 Å². The number of likely N-dealkylation sites (tertiary alicyclic amines) is 1. The summed E-state index contributed by atoms with van der Waals surface area (Å²) < 4.78 is 5.70. The van der Waals surface area contributed by atoms with Crippen molar-refractivity contribution in [3.05, 3.63) is 77.4 Å². The molecular weight excluding hydrogens is 294 g/mol. The van der Waals surface area contributed by atoms with Crippen molar-refractivity contribution in [2.24, 2.45) is 0 Å². The average Bonchev–Trinajstić information content (AvgIpc) is 2.63. The van der Waals surface area contributed by atoms with Crippen molar-refractivity contribution in [2.45, 2.75) is 24.7 Å². The highest BCUT2D eigenvalue weighted by Crippen LogP contribution is 2.49. The van der Waals surface area contributed by atoms with E-state index in [4.69, 9.17) is 4.74 Å². The molecule has 1 spiro atoms. The quantitative estimate of drug-likeness (QED) is 0.787. The fraction of sp³-hybridized carbons (Fsp3) is 0.364. The normalized spacial score (nSPS) is 18.7. The van der Waals surface area contributed by atoms with Gasteiger partial charge in [0.25, 0.3) is 0 Å². The number of fused-ring (bicyclic) bond motifs is 4. The van der Waals surface area contributed by atoms with Crippen LogP contribution in [-0.2, 0) is 11.8 Å². The van der Waals surface area contributed by atoms with Crippen LogP contribution in [0.1, 0.15) is 35.1 Å². The molecule has 1 aliphatic heterocycles. The summed E-state index contributed by atoms with van der Waals surface area (Å²) in [7, 11) is 1.79. The molecule has 124 valence electrons. The van der Waals surface area contributed by atoms with Gasteiger partial charge in [0.1, 0.15) is 5.75 Å². The maximum Gasteiger partial charge on any atom is 0.122 e. The molecule has 2 aliphatic rings. The molecule has 0 N–H and O–H groups in total. The number of hydrogen-bond donors (Lipinski definition) is 0. The Labute approximate surface area is 144 Å². The number of hydrogen-bond acceptors (Lipinski definition) is 2. The van der Waals surface area contributed by atoms with Gasteiger partial charge in [-0.15, -0.1) is 6.58 Å². The monoisotopic (exact) mass is 319 g/mol. The van der Waals surface area contributed by atoms with Gasteiger partial charge in [0.05, 0.1) is 7.11 Å². The summed E-state index contributed by atoms with van der Waals surface area (Å²) in [5.41, 5.74) is 6.00. The van der Waals surface area contributed by atoms with Gasteiger partial charge in [-0.1, -0.05) is 42.5 Å². The number of nitrogens with zero attached hydrogens (tertiary/aromatic N) is 1. The molecule has 2 aromatic rings. The zero-order valence-electron chi connectivity index (χ0n) is 14.4. The zero-order valence-corrected chi connectivity index (χ0v) is 14.4. The van der Waals surface area contributed by atoms with Crippen molar-refractivity contribution >= 4 is 0 Å². The third-order valence-electron chi connectivity index (χ3n) is 5.87. The predicted molar refractivity (Wildman–Crippen MR) is 98.9 cm³/mol. The van der Waals surface area contributed by atoms with E-state index in [1.807, 2.05) is 6.08 Å². The number of methoxy groups -OCH3 is 1. The van der Waals surface area contributed by atoms with Crippen LogP contribution in [0.2, 0.25) is 0 Å². The zero-order chi connectivity index (χ0) is 16.6.